The predicted molar refractivity (Wildman–Crippen MR) is 50.3 cm³/mol. The van der Waals surface area contributed by atoms with Crippen LogP contribution in [0.5, 0.6) is 0 Å². The molecular weight excluding hydrogens is 199 g/mol. The van der Waals surface area contributed by atoms with E-state index in [1.165, 1.54) is 19.1 Å². The molecule has 2 aromatic rings. The summed E-state index contributed by atoms with van der Waals surface area (Å²) in [4.78, 5) is 3.96. The van der Waals surface area contributed by atoms with Crippen molar-refractivity contribution in [1.82, 2.24) is 10.1 Å². The molecular formula is C10H9FN2O2. The van der Waals surface area contributed by atoms with Gasteiger partial charge in [-0.1, -0.05) is 5.16 Å². The van der Waals surface area contributed by atoms with Crippen LogP contribution in [0.1, 0.15) is 18.9 Å². The number of halogens is 1. The molecule has 0 aliphatic rings. The van der Waals surface area contributed by atoms with Gasteiger partial charge >= 0.3 is 0 Å². The molecule has 78 valence electrons. The number of aliphatic hydroxyl groups excluding tert-OH is 1. The summed E-state index contributed by atoms with van der Waals surface area (Å²) < 4.78 is 17.4. The molecule has 1 atom stereocenters. The van der Waals surface area contributed by atoms with Gasteiger partial charge in [-0.2, -0.15) is 4.98 Å². The molecule has 1 aromatic carbocycles. The first-order valence-corrected chi connectivity index (χ1v) is 4.44. The van der Waals surface area contributed by atoms with E-state index in [-0.39, 0.29) is 11.7 Å². The molecule has 4 nitrogen and oxygen atoms in total. The van der Waals surface area contributed by atoms with Crippen LogP contribution in [0.15, 0.2) is 28.8 Å². The largest absolute Gasteiger partial charge is 0.384 e. The molecule has 0 unspecified atom stereocenters. The lowest BCUT2D eigenvalue weighted by molar-refractivity contribution is 0.152. The van der Waals surface area contributed by atoms with Gasteiger partial charge in [0.15, 0.2) is 0 Å². The topological polar surface area (TPSA) is 59.2 Å². The van der Waals surface area contributed by atoms with Crippen LogP contribution in [0.2, 0.25) is 0 Å². The van der Waals surface area contributed by atoms with Crippen LogP contribution >= 0.6 is 0 Å². The summed E-state index contributed by atoms with van der Waals surface area (Å²) in [5, 5.41) is 12.8. The highest BCUT2D eigenvalue weighted by Gasteiger charge is 2.12. The molecule has 0 saturated carbocycles. The van der Waals surface area contributed by atoms with E-state index in [1.54, 1.807) is 12.1 Å². The van der Waals surface area contributed by atoms with Gasteiger partial charge in [0.1, 0.15) is 11.9 Å². The van der Waals surface area contributed by atoms with Gasteiger partial charge < -0.3 is 9.63 Å². The molecule has 2 rings (SSSR count). The van der Waals surface area contributed by atoms with Gasteiger partial charge in [0, 0.05) is 5.56 Å². The molecule has 0 amide bonds. The first kappa shape index (κ1) is 9.79. The Bertz CT molecular complexity index is 451. The first-order valence-electron chi connectivity index (χ1n) is 4.44. The van der Waals surface area contributed by atoms with E-state index < -0.39 is 6.10 Å². The number of nitrogens with zero attached hydrogens (tertiary/aromatic N) is 2. The zero-order chi connectivity index (χ0) is 10.8. The van der Waals surface area contributed by atoms with Crippen molar-refractivity contribution in [1.29, 1.82) is 0 Å². The predicted octanol–water partition coefficient (Wildman–Crippen LogP) is 1.93. The smallest absolute Gasteiger partial charge is 0.255 e. The second kappa shape index (κ2) is 3.78. The van der Waals surface area contributed by atoms with Gasteiger partial charge in [-0.05, 0) is 31.2 Å². The SMILES string of the molecule is C[C@H](O)c1nc(-c2ccc(F)cc2)no1. The lowest BCUT2D eigenvalue weighted by Gasteiger charge is -1.93. The Morgan fingerprint density at radius 2 is 2.00 bits per heavy atom. The number of aromatic nitrogens is 2. The van der Waals surface area contributed by atoms with Gasteiger partial charge in [-0.25, -0.2) is 4.39 Å². The van der Waals surface area contributed by atoms with Gasteiger partial charge in [0.05, 0.1) is 0 Å². The molecule has 0 aliphatic heterocycles. The van der Waals surface area contributed by atoms with Crippen molar-refractivity contribution in [2.24, 2.45) is 0 Å². The average Bonchev–Trinajstić information content (AvgIpc) is 2.68. The Kier molecular flexibility index (Phi) is 2.47. The molecule has 1 aromatic heterocycles. The third-order valence-corrected chi connectivity index (χ3v) is 1.90. The van der Waals surface area contributed by atoms with E-state index in [2.05, 4.69) is 10.1 Å². The summed E-state index contributed by atoms with van der Waals surface area (Å²) >= 11 is 0. The number of hydrogen-bond donors (Lipinski definition) is 1. The Hall–Kier alpha value is -1.75. The van der Waals surface area contributed by atoms with Crippen molar-refractivity contribution >= 4 is 0 Å². The summed E-state index contributed by atoms with van der Waals surface area (Å²) in [5.41, 5.74) is 0.645. The van der Waals surface area contributed by atoms with Crippen LogP contribution in [0, 0.1) is 5.82 Å². The van der Waals surface area contributed by atoms with Crippen molar-refractivity contribution in [2.45, 2.75) is 13.0 Å². The van der Waals surface area contributed by atoms with E-state index in [9.17, 15) is 9.50 Å². The molecule has 0 fully saturated rings. The molecule has 1 N–H and O–H groups in total. The molecule has 0 aliphatic carbocycles. The van der Waals surface area contributed by atoms with Crippen molar-refractivity contribution in [3.8, 4) is 11.4 Å². The summed E-state index contributed by atoms with van der Waals surface area (Å²) in [7, 11) is 0. The minimum Gasteiger partial charge on any atom is -0.384 e. The molecule has 5 heteroatoms. The quantitative estimate of drug-likeness (QED) is 0.819. The highest BCUT2D eigenvalue weighted by atomic mass is 19.1. The zero-order valence-electron chi connectivity index (χ0n) is 8.01. The highest BCUT2D eigenvalue weighted by molar-refractivity contribution is 5.53. The van der Waals surface area contributed by atoms with Gasteiger partial charge in [0.2, 0.25) is 5.82 Å². The van der Waals surface area contributed by atoms with Crippen LogP contribution in [-0.4, -0.2) is 15.2 Å². The van der Waals surface area contributed by atoms with E-state index in [1.807, 2.05) is 0 Å². The van der Waals surface area contributed by atoms with Crippen LogP contribution < -0.4 is 0 Å². The lowest BCUT2D eigenvalue weighted by Crippen LogP contribution is -1.90. The fourth-order valence-corrected chi connectivity index (χ4v) is 1.12. The number of aliphatic hydroxyl groups is 1. The third kappa shape index (κ3) is 2.02. The maximum atomic E-state index is 12.6. The van der Waals surface area contributed by atoms with E-state index in [0.29, 0.717) is 11.4 Å². The minimum atomic E-state index is -0.799. The highest BCUT2D eigenvalue weighted by Crippen LogP contribution is 2.18. The molecule has 1 heterocycles. The molecule has 15 heavy (non-hydrogen) atoms. The molecule has 0 spiro atoms. The number of rotatable bonds is 2. The fourth-order valence-electron chi connectivity index (χ4n) is 1.12. The molecule has 0 radical (unpaired) electrons. The van der Waals surface area contributed by atoms with Gasteiger partial charge in [-0.3, -0.25) is 0 Å². The standard InChI is InChI=1S/C10H9FN2O2/c1-6(14)10-12-9(13-15-10)7-2-4-8(11)5-3-7/h2-6,14H,1H3/t6-/m0/s1. The summed E-state index contributed by atoms with van der Waals surface area (Å²) in [6, 6.07) is 5.72. The number of hydrogen-bond acceptors (Lipinski definition) is 4. The van der Waals surface area contributed by atoms with Crippen LogP contribution in [-0.2, 0) is 0 Å². The maximum absolute atomic E-state index is 12.6. The first-order chi connectivity index (χ1) is 7.16. The Balaban J connectivity index is 2.33. The Labute approximate surface area is 85.4 Å². The van der Waals surface area contributed by atoms with Crippen LogP contribution in [0.3, 0.4) is 0 Å². The maximum Gasteiger partial charge on any atom is 0.255 e. The van der Waals surface area contributed by atoms with Crippen LogP contribution in [0.25, 0.3) is 11.4 Å². The van der Waals surface area contributed by atoms with Crippen molar-refractivity contribution in [3.05, 3.63) is 36.0 Å². The summed E-state index contributed by atoms with van der Waals surface area (Å²) in [6.45, 7) is 1.53. The average molecular weight is 208 g/mol. The van der Waals surface area contributed by atoms with E-state index in [0.717, 1.165) is 0 Å². The number of benzene rings is 1. The van der Waals surface area contributed by atoms with Crippen molar-refractivity contribution in [3.63, 3.8) is 0 Å². The fraction of sp³-hybridized carbons (Fsp3) is 0.200. The normalized spacial score (nSPS) is 12.7. The zero-order valence-corrected chi connectivity index (χ0v) is 8.01. The van der Waals surface area contributed by atoms with Gasteiger partial charge in [-0.15, -0.1) is 0 Å². The summed E-state index contributed by atoms with van der Waals surface area (Å²) in [6.07, 6.45) is -0.799. The second-order valence-electron chi connectivity index (χ2n) is 3.14. The van der Waals surface area contributed by atoms with Crippen molar-refractivity contribution in [2.75, 3.05) is 0 Å². The third-order valence-electron chi connectivity index (χ3n) is 1.90. The van der Waals surface area contributed by atoms with E-state index in [4.69, 9.17) is 4.52 Å². The van der Waals surface area contributed by atoms with E-state index >= 15 is 0 Å². The van der Waals surface area contributed by atoms with Crippen molar-refractivity contribution < 1.29 is 14.0 Å². The second-order valence-corrected chi connectivity index (χ2v) is 3.14. The monoisotopic (exact) mass is 208 g/mol. The van der Waals surface area contributed by atoms with Gasteiger partial charge in [0.25, 0.3) is 5.89 Å². The Morgan fingerprint density at radius 3 is 2.53 bits per heavy atom. The minimum absolute atomic E-state index is 0.148. The summed E-state index contributed by atoms with van der Waals surface area (Å²) in [5.74, 6) is 0.165. The lowest BCUT2D eigenvalue weighted by atomic mass is 10.2. The Morgan fingerprint density at radius 1 is 1.33 bits per heavy atom. The van der Waals surface area contributed by atoms with Crippen LogP contribution in [0.4, 0.5) is 4.39 Å². The molecule has 0 saturated heterocycles. The molecule has 0 bridgehead atoms.